The van der Waals surface area contributed by atoms with Gasteiger partial charge in [0, 0.05) is 17.8 Å². The second-order valence-electron chi connectivity index (χ2n) is 7.16. The molecule has 0 unspecified atom stereocenters. The predicted octanol–water partition coefficient (Wildman–Crippen LogP) is 2.56. The Kier molecular flexibility index (Phi) is 4.30. The summed E-state index contributed by atoms with van der Waals surface area (Å²) in [6, 6.07) is 7.80. The molecule has 1 fully saturated rings. The van der Waals surface area contributed by atoms with Crippen LogP contribution in [0.2, 0.25) is 0 Å². The number of fused-ring (bicyclic) bond motifs is 3. The van der Waals surface area contributed by atoms with E-state index < -0.39 is 0 Å². The number of piperidine rings is 1. The lowest BCUT2D eigenvalue weighted by atomic mass is 9.83. The Hall–Kier alpha value is -2.09. The summed E-state index contributed by atoms with van der Waals surface area (Å²) in [5.74, 6) is 1.46. The van der Waals surface area contributed by atoms with E-state index in [9.17, 15) is 4.79 Å². The molecule has 1 amide bonds. The lowest BCUT2D eigenvalue weighted by Crippen LogP contribution is -2.44. The summed E-state index contributed by atoms with van der Waals surface area (Å²) in [6.45, 7) is 3.38. The first-order valence-electron chi connectivity index (χ1n) is 9.38. The first-order valence-corrected chi connectivity index (χ1v) is 10.2. The van der Waals surface area contributed by atoms with Gasteiger partial charge in [-0.1, -0.05) is 6.07 Å². The van der Waals surface area contributed by atoms with Gasteiger partial charge < -0.3 is 24.8 Å². The molecule has 6 nitrogen and oxygen atoms in total. The molecule has 3 aliphatic heterocycles. The van der Waals surface area contributed by atoms with Crippen LogP contribution in [0.1, 0.15) is 38.5 Å². The van der Waals surface area contributed by atoms with Crippen LogP contribution in [0.25, 0.3) is 0 Å². The monoisotopic (exact) mass is 386 g/mol. The minimum Gasteiger partial charge on any atom is -0.454 e. The topological polar surface area (TPSA) is 68.8 Å². The fourth-order valence-corrected chi connectivity index (χ4v) is 5.24. The quantitative estimate of drug-likeness (QED) is 0.849. The van der Waals surface area contributed by atoms with E-state index in [4.69, 9.17) is 14.2 Å². The van der Waals surface area contributed by atoms with Gasteiger partial charge in [-0.3, -0.25) is 4.79 Å². The molecule has 0 bridgehead atoms. The molecular formula is C20H22N2O4S. The summed E-state index contributed by atoms with van der Waals surface area (Å²) >= 11 is 1.61. The molecule has 2 aromatic rings. The highest BCUT2D eigenvalue weighted by atomic mass is 32.1. The largest absolute Gasteiger partial charge is 0.454 e. The van der Waals surface area contributed by atoms with Crippen LogP contribution in [-0.4, -0.2) is 32.4 Å². The van der Waals surface area contributed by atoms with Crippen molar-refractivity contribution in [1.29, 1.82) is 0 Å². The zero-order valence-electron chi connectivity index (χ0n) is 15.0. The third kappa shape index (κ3) is 3.09. The normalized spacial score (nSPS) is 19.7. The maximum atomic E-state index is 12.7. The van der Waals surface area contributed by atoms with E-state index in [0.29, 0.717) is 6.54 Å². The molecule has 2 N–H and O–H groups in total. The van der Waals surface area contributed by atoms with Gasteiger partial charge in [-0.2, -0.15) is 0 Å². The average molecular weight is 386 g/mol. The Bertz CT molecular complexity index is 873. The van der Waals surface area contributed by atoms with E-state index in [0.717, 1.165) is 60.9 Å². The number of ether oxygens (including phenoxy) is 3. The lowest BCUT2D eigenvalue weighted by molar-refractivity contribution is -0.0792. The molecule has 1 saturated heterocycles. The van der Waals surface area contributed by atoms with E-state index >= 15 is 0 Å². The van der Waals surface area contributed by atoms with E-state index in [1.54, 1.807) is 11.3 Å². The molecule has 0 aliphatic carbocycles. The Labute approximate surface area is 161 Å². The third-order valence-electron chi connectivity index (χ3n) is 5.53. The standard InChI is InChI=1S/C20H22N2O4S/c23-19(22-11-13-1-2-15-16(9-13)25-12-24-15)18-10-14-17(27-18)3-8-26-20(14)4-6-21-7-5-20/h1-2,9-10,21H,3-8,11-12H2,(H,22,23). The molecule has 0 atom stereocenters. The van der Waals surface area contributed by atoms with Gasteiger partial charge in [0.2, 0.25) is 6.79 Å². The second-order valence-corrected chi connectivity index (χ2v) is 8.30. The van der Waals surface area contributed by atoms with Gasteiger partial charge in [0.05, 0.1) is 17.1 Å². The highest BCUT2D eigenvalue weighted by Gasteiger charge is 2.40. The van der Waals surface area contributed by atoms with Crippen LogP contribution in [0.15, 0.2) is 24.3 Å². The number of carbonyl (C=O) groups excluding carboxylic acids is 1. The van der Waals surface area contributed by atoms with Crippen molar-refractivity contribution in [3.8, 4) is 11.5 Å². The molecule has 4 heterocycles. The van der Waals surface area contributed by atoms with Crippen LogP contribution in [0, 0.1) is 0 Å². The van der Waals surface area contributed by atoms with Crippen molar-refractivity contribution in [1.82, 2.24) is 10.6 Å². The van der Waals surface area contributed by atoms with Crippen molar-refractivity contribution in [2.45, 2.75) is 31.4 Å². The van der Waals surface area contributed by atoms with Crippen molar-refractivity contribution >= 4 is 17.2 Å². The Morgan fingerprint density at radius 2 is 2.04 bits per heavy atom. The highest BCUT2D eigenvalue weighted by Crippen LogP contribution is 2.43. The lowest BCUT2D eigenvalue weighted by Gasteiger charge is -2.40. The molecule has 7 heteroatoms. The maximum absolute atomic E-state index is 12.7. The molecule has 5 rings (SSSR count). The molecule has 1 aromatic heterocycles. The van der Waals surface area contributed by atoms with Gasteiger partial charge in [-0.05, 0) is 55.3 Å². The number of hydrogen-bond donors (Lipinski definition) is 2. The van der Waals surface area contributed by atoms with Gasteiger partial charge in [-0.25, -0.2) is 0 Å². The first kappa shape index (κ1) is 17.0. The summed E-state index contributed by atoms with van der Waals surface area (Å²) in [4.78, 5) is 14.8. The number of rotatable bonds is 3. The average Bonchev–Trinajstić information content (AvgIpc) is 3.34. The van der Waals surface area contributed by atoms with E-state index in [1.807, 2.05) is 18.2 Å². The van der Waals surface area contributed by atoms with E-state index in [1.165, 1.54) is 10.4 Å². The van der Waals surface area contributed by atoms with Gasteiger partial charge in [0.25, 0.3) is 5.91 Å². The fourth-order valence-electron chi connectivity index (χ4n) is 4.09. The van der Waals surface area contributed by atoms with Crippen LogP contribution in [0.5, 0.6) is 11.5 Å². The highest BCUT2D eigenvalue weighted by molar-refractivity contribution is 7.14. The number of nitrogens with one attached hydrogen (secondary N) is 2. The van der Waals surface area contributed by atoms with Crippen LogP contribution in [-0.2, 0) is 23.3 Å². The zero-order chi connectivity index (χ0) is 18.3. The van der Waals surface area contributed by atoms with Gasteiger partial charge in [0.15, 0.2) is 11.5 Å². The van der Waals surface area contributed by atoms with Crippen molar-refractivity contribution in [2.75, 3.05) is 26.5 Å². The summed E-state index contributed by atoms with van der Waals surface area (Å²) in [6.07, 6.45) is 2.83. The van der Waals surface area contributed by atoms with Crippen molar-refractivity contribution in [3.63, 3.8) is 0 Å². The van der Waals surface area contributed by atoms with E-state index in [-0.39, 0.29) is 18.3 Å². The fraction of sp³-hybridized carbons (Fsp3) is 0.450. The predicted molar refractivity (Wildman–Crippen MR) is 101 cm³/mol. The molecule has 1 spiro atoms. The number of thiophene rings is 1. The van der Waals surface area contributed by atoms with Crippen molar-refractivity contribution in [3.05, 3.63) is 45.1 Å². The second kappa shape index (κ2) is 6.82. The van der Waals surface area contributed by atoms with Gasteiger partial charge in [-0.15, -0.1) is 11.3 Å². The Morgan fingerprint density at radius 1 is 1.19 bits per heavy atom. The molecule has 27 heavy (non-hydrogen) atoms. The molecule has 142 valence electrons. The molecule has 3 aliphatic rings. The number of amides is 1. The number of benzene rings is 1. The zero-order valence-corrected chi connectivity index (χ0v) is 15.8. The SMILES string of the molecule is O=C(NCc1ccc2c(c1)OCO2)c1cc2c(s1)CCOC21CCNCC1. The number of carbonyl (C=O) groups is 1. The van der Waals surface area contributed by atoms with Crippen molar-refractivity contribution in [2.24, 2.45) is 0 Å². The minimum atomic E-state index is -0.203. The number of hydrogen-bond acceptors (Lipinski definition) is 6. The van der Waals surface area contributed by atoms with Crippen LogP contribution in [0.4, 0.5) is 0 Å². The molecular weight excluding hydrogens is 364 g/mol. The third-order valence-corrected chi connectivity index (χ3v) is 6.73. The van der Waals surface area contributed by atoms with Crippen molar-refractivity contribution < 1.29 is 19.0 Å². The Balaban J connectivity index is 1.31. The smallest absolute Gasteiger partial charge is 0.261 e. The maximum Gasteiger partial charge on any atom is 0.261 e. The summed E-state index contributed by atoms with van der Waals surface area (Å²) in [7, 11) is 0. The van der Waals surface area contributed by atoms with E-state index in [2.05, 4.69) is 16.7 Å². The summed E-state index contributed by atoms with van der Waals surface area (Å²) in [5.41, 5.74) is 2.02. The minimum absolute atomic E-state index is 0.0313. The van der Waals surface area contributed by atoms with Gasteiger partial charge in [0.1, 0.15) is 0 Å². The molecule has 0 radical (unpaired) electrons. The molecule has 1 aromatic carbocycles. The Morgan fingerprint density at radius 3 is 2.93 bits per heavy atom. The first-order chi connectivity index (χ1) is 13.2. The van der Waals surface area contributed by atoms with Crippen LogP contribution >= 0.6 is 11.3 Å². The summed E-state index contributed by atoms with van der Waals surface area (Å²) in [5, 5.41) is 6.43. The van der Waals surface area contributed by atoms with Crippen LogP contribution in [0.3, 0.4) is 0 Å². The van der Waals surface area contributed by atoms with Gasteiger partial charge >= 0.3 is 0 Å². The van der Waals surface area contributed by atoms with Crippen LogP contribution < -0.4 is 20.1 Å². The molecule has 0 saturated carbocycles. The summed E-state index contributed by atoms with van der Waals surface area (Å²) < 4.78 is 16.9.